The van der Waals surface area contributed by atoms with Crippen LogP contribution in [0.15, 0.2) is 24.3 Å². The summed E-state index contributed by atoms with van der Waals surface area (Å²) in [5, 5.41) is 28.4. The second-order valence-corrected chi connectivity index (χ2v) is 3.94. The molecule has 0 radical (unpaired) electrons. The van der Waals surface area contributed by atoms with Crippen LogP contribution in [0.4, 0.5) is 5.69 Å². The van der Waals surface area contributed by atoms with Crippen LogP contribution in [0.2, 0.25) is 0 Å². The number of hydrogen-bond donors (Lipinski definition) is 4. The third kappa shape index (κ3) is 2.67. The van der Waals surface area contributed by atoms with Crippen LogP contribution >= 0.6 is 0 Å². The van der Waals surface area contributed by atoms with E-state index >= 15 is 0 Å². The topological polar surface area (TPSA) is 105 Å². The highest BCUT2D eigenvalue weighted by Crippen LogP contribution is 2.21. The molecular weight excluding hydrogens is 226 g/mol. The molecule has 1 aliphatic rings. The molecule has 0 aliphatic carbocycles. The standard InChI is InChI=1S/C11H15NO5/c12-6-1-3-7(4-2-6)17-11-10(15)9(14)8(13)5-16-11/h1-4,8-11,13-15H,5,12H2. The first-order valence-corrected chi connectivity index (χ1v) is 5.26. The number of benzene rings is 1. The summed E-state index contributed by atoms with van der Waals surface area (Å²) in [6.07, 6.45) is -4.67. The molecule has 6 nitrogen and oxygen atoms in total. The molecule has 17 heavy (non-hydrogen) atoms. The Hall–Kier alpha value is -1.34. The monoisotopic (exact) mass is 241 g/mol. The Morgan fingerprint density at radius 3 is 2.41 bits per heavy atom. The molecule has 1 saturated heterocycles. The molecule has 0 amide bonds. The van der Waals surface area contributed by atoms with Crippen molar-refractivity contribution in [1.29, 1.82) is 0 Å². The van der Waals surface area contributed by atoms with E-state index < -0.39 is 24.6 Å². The van der Waals surface area contributed by atoms with Crippen LogP contribution in [-0.2, 0) is 4.74 Å². The molecule has 2 rings (SSSR count). The number of rotatable bonds is 2. The largest absolute Gasteiger partial charge is 0.462 e. The third-order valence-corrected chi connectivity index (χ3v) is 2.59. The van der Waals surface area contributed by atoms with Gasteiger partial charge in [-0.15, -0.1) is 0 Å². The van der Waals surface area contributed by atoms with Crippen LogP contribution in [0.3, 0.4) is 0 Å². The zero-order valence-corrected chi connectivity index (χ0v) is 9.06. The van der Waals surface area contributed by atoms with Crippen molar-refractivity contribution in [1.82, 2.24) is 0 Å². The molecule has 1 aliphatic heterocycles. The Morgan fingerprint density at radius 2 is 1.76 bits per heavy atom. The Labute approximate surface area is 98.2 Å². The molecule has 1 fully saturated rings. The van der Waals surface area contributed by atoms with Gasteiger partial charge in [-0.25, -0.2) is 0 Å². The summed E-state index contributed by atoms with van der Waals surface area (Å²) in [5.74, 6) is 0.465. The Kier molecular flexibility index (Phi) is 3.49. The second kappa shape index (κ2) is 4.89. The van der Waals surface area contributed by atoms with Crippen molar-refractivity contribution in [2.45, 2.75) is 24.6 Å². The fourth-order valence-electron chi connectivity index (χ4n) is 1.56. The molecule has 1 heterocycles. The van der Waals surface area contributed by atoms with Gasteiger partial charge < -0.3 is 30.5 Å². The number of aliphatic hydroxyl groups is 3. The number of nitrogen functional groups attached to an aromatic ring is 1. The molecule has 94 valence electrons. The zero-order valence-electron chi connectivity index (χ0n) is 9.06. The summed E-state index contributed by atoms with van der Waals surface area (Å²) in [5.41, 5.74) is 6.11. The van der Waals surface area contributed by atoms with E-state index in [1.807, 2.05) is 0 Å². The van der Waals surface area contributed by atoms with Gasteiger partial charge in [0.2, 0.25) is 6.29 Å². The van der Waals surface area contributed by atoms with E-state index in [1.165, 1.54) is 0 Å². The minimum Gasteiger partial charge on any atom is -0.462 e. The minimum absolute atomic E-state index is 0.0855. The van der Waals surface area contributed by atoms with Crippen molar-refractivity contribution < 1.29 is 24.8 Å². The summed E-state index contributed by atoms with van der Waals surface area (Å²) in [6, 6.07) is 6.55. The van der Waals surface area contributed by atoms with Gasteiger partial charge in [-0.1, -0.05) is 0 Å². The first-order chi connectivity index (χ1) is 8.08. The number of hydrogen-bond acceptors (Lipinski definition) is 6. The van der Waals surface area contributed by atoms with Crippen LogP contribution < -0.4 is 10.5 Å². The molecule has 5 N–H and O–H groups in total. The van der Waals surface area contributed by atoms with E-state index in [4.69, 9.17) is 15.2 Å². The molecule has 0 bridgehead atoms. The Morgan fingerprint density at radius 1 is 1.12 bits per heavy atom. The van der Waals surface area contributed by atoms with Crippen LogP contribution in [-0.4, -0.2) is 46.5 Å². The lowest BCUT2D eigenvalue weighted by Gasteiger charge is -2.34. The highest BCUT2D eigenvalue weighted by atomic mass is 16.7. The zero-order chi connectivity index (χ0) is 12.4. The molecule has 0 saturated carbocycles. The fraction of sp³-hybridized carbons (Fsp3) is 0.455. The van der Waals surface area contributed by atoms with Crippen LogP contribution in [0.5, 0.6) is 5.75 Å². The van der Waals surface area contributed by atoms with E-state index in [2.05, 4.69) is 0 Å². The summed E-state index contributed by atoms with van der Waals surface area (Å²) >= 11 is 0. The van der Waals surface area contributed by atoms with Crippen LogP contribution in [0.25, 0.3) is 0 Å². The molecule has 0 aromatic heterocycles. The molecular formula is C11H15NO5. The summed E-state index contributed by atoms with van der Waals surface area (Å²) in [7, 11) is 0. The highest BCUT2D eigenvalue weighted by molar-refractivity contribution is 5.41. The van der Waals surface area contributed by atoms with Gasteiger partial charge in [0, 0.05) is 5.69 Å². The van der Waals surface area contributed by atoms with Gasteiger partial charge >= 0.3 is 0 Å². The Balaban J connectivity index is 2.01. The maximum atomic E-state index is 9.64. The first-order valence-electron chi connectivity index (χ1n) is 5.26. The van der Waals surface area contributed by atoms with Gasteiger partial charge in [-0.3, -0.25) is 0 Å². The minimum atomic E-state index is -1.30. The SMILES string of the molecule is Nc1ccc(OC2OCC(O)C(O)C2O)cc1. The summed E-state index contributed by atoms with van der Waals surface area (Å²) in [6.45, 7) is -0.0855. The van der Waals surface area contributed by atoms with E-state index in [1.54, 1.807) is 24.3 Å². The van der Waals surface area contributed by atoms with Gasteiger partial charge in [0.05, 0.1) is 6.61 Å². The molecule has 1 aromatic rings. The summed E-state index contributed by atoms with van der Waals surface area (Å²) < 4.78 is 10.4. The average Bonchev–Trinajstić information content (AvgIpc) is 2.33. The number of nitrogens with two attached hydrogens (primary N) is 1. The van der Waals surface area contributed by atoms with Crippen molar-refractivity contribution in [3.8, 4) is 5.75 Å². The fourth-order valence-corrected chi connectivity index (χ4v) is 1.56. The van der Waals surface area contributed by atoms with E-state index in [0.717, 1.165) is 0 Å². The lowest BCUT2D eigenvalue weighted by atomic mass is 10.1. The van der Waals surface area contributed by atoms with Crippen molar-refractivity contribution in [2.24, 2.45) is 0 Å². The van der Waals surface area contributed by atoms with Gasteiger partial charge in [0.25, 0.3) is 0 Å². The second-order valence-electron chi connectivity index (χ2n) is 3.94. The van der Waals surface area contributed by atoms with Crippen molar-refractivity contribution >= 4 is 5.69 Å². The average molecular weight is 241 g/mol. The van der Waals surface area contributed by atoms with E-state index in [-0.39, 0.29) is 6.61 Å². The first kappa shape index (κ1) is 12.1. The lowest BCUT2D eigenvalue weighted by molar-refractivity contribution is -0.242. The summed E-state index contributed by atoms with van der Waals surface area (Å²) in [4.78, 5) is 0. The van der Waals surface area contributed by atoms with Crippen molar-refractivity contribution in [3.63, 3.8) is 0 Å². The van der Waals surface area contributed by atoms with Crippen molar-refractivity contribution in [2.75, 3.05) is 12.3 Å². The van der Waals surface area contributed by atoms with E-state index in [9.17, 15) is 15.3 Å². The van der Waals surface area contributed by atoms with Crippen LogP contribution in [0, 0.1) is 0 Å². The van der Waals surface area contributed by atoms with Crippen molar-refractivity contribution in [3.05, 3.63) is 24.3 Å². The Bertz CT molecular complexity index is 369. The van der Waals surface area contributed by atoms with E-state index in [0.29, 0.717) is 11.4 Å². The van der Waals surface area contributed by atoms with Crippen LogP contribution in [0.1, 0.15) is 0 Å². The van der Waals surface area contributed by atoms with Gasteiger partial charge in [-0.05, 0) is 24.3 Å². The molecule has 0 spiro atoms. The number of anilines is 1. The smallest absolute Gasteiger partial charge is 0.228 e. The van der Waals surface area contributed by atoms with Gasteiger partial charge in [0.1, 0.15) is 24.1 Å². The third-order valence-electron chi connectivity index (χ3n) is 2.59. The van der Waals surface area contributed by atoms with Gasteiger partial charge in [-0.2, -0.15) is 0 Å². The molecule has 1 aromatic carbocycles. The number of ether oxygens (including phenoxy) is 2. The molecule has 4 unspecified atom stereocenters. The predicted octanol–water partition coefficient (Wildman–Crippen LogP) is -0.913. The quantitative estimate of drug-likeness (QED) is 0.499. The highest BCUT2D eigenvalue weighted by Gasteiger charge is 2.38. The maximum absolute atomic E-state index is 9.64. The normalized spacial score (nSPS) is 33.4. The van der Waals surface area contributed by atoms with Gasteiger partial charge in [0.15, 0.2) is 0 Å². The predicted molar refractivity (Wildman–Crippen MR) is 59.2 cm³/mol. The molecule has 4 atom stereocenters. The maximum Gasteiger partial charge on any atom is 0.228 e. The lowest BCUT2D eigenvalue weighted by Crippen LogP contribution is -2.54. The molecule has 6 heteroatoms. The number of aliphatic hydroxyl groups excluding tert-OH is 3.